The lowest BCUT2D eigenvalue weighted by Crippen LogP contribution is -2.44. The number of aliphatic hydroxyl groups is 1. The second kappa shape index (κ2) is 13.2. The smallest absolute Gasteiger partial charge is 0.328 e. The zero-order valence-electron chi connectivity index (χ0n) is 22.9. The molecule has 2 N–H and O–H groups in total. The fraction of sp³-hybridized carbons (Fsp3) is 0.731. The van der Waals surface area contributed by atoms with E-state index in [4.69, 9.17) is 14.0 Å². The first-order valence-electron chi connectivity index (χ1n) is 12.1. The van der Waals surface area contributed by atoms with Crippen molar-refractivity contribution in [2.45, 2.75) is 122 Å². The van der Waals surface area contributed by atoms with Gasteiger partial charge in [-0.2, -0.15) is 0 Å². The van der Waals surface area contributed by atoms with Gasteiger partial charge in [-0.3, -0.25) is 0 Å². The van der Waals surface area contributed by atoms with E-state index in [1.807, 2.05) is 19.1 Å². The second-order valence-corrected chi connectivity index (χ2v) is 21.5. The SMILES string of the molecule is C[C@H](O)CCC/C=C/[C@@H](/C=C\[C@@H](/C=C/C(=O)O)O[Si](C)(C)C(C)(C)C)O[Si](C)(C)C(C)(C)C. The maximum absolute atomic E-state index is 11.1. The molecule has 0 rings (SSSR count). The summed E-state index contributed by atoms with van der Waals surface area (Å²) in [5.41, 5.74) is 0. The Morgan fingerprint density at radius 1 is 0.848 bits per heavy atom. The van der Waals surface area contributed by atoms with Crippen molar-refractivity contribution in [1.82, 2.24) is 0 Å². The summed E-state index contributed by atoms with van der Waals surface area (Å²) >= 11 is 0. The number of aliphatic carboxylic acids is 1. The summed E-state index contributed by atoms with van der Waals surface area (Å²) in [6, 6.07) is 0. The molecule has 192 valence electrons. The van der Waals surface area contributed by atoms with E-state index in [1.165, 1.54) is 0 Å². The van der Waals surface area contributed by atoms with Crippen molar-refractivity contribution in [2.75, 3.05) is 0 Å². The minimum absolute atomic E-state index is 0.0109. The average Bonchev–Trinajstić information content (AvgIpc) is 2.60. The third kappa shape index (κ3) is 12.9. The summed E-state index contributed by atoms with van der Waals surface area (Å²) in [5, 5.41) is 18.7. The van der Waals surface area contributed by atoms with Crippen LogP contribution in [0.1, 0.15) is 67.7 Å². The van der Waals surface area contributed by atoms with Gasteiger partial charge in [0.15, 0.2) is 16.6 Å². The number of allylic oxidation sites excluding steroid dienone is 1. The Labute approximate surface area is 205 Å². The van der Waals surface area contributed by atoms with E-state index in [9.17, 15) is 9.90 Å². The van der Waals surface area contributed by atoms with Crippen LogP contribution in [0.4, 0.5) is 0 Å². The third-order valence-electron chi connectivity index (χ3n) is 6.71. The Bertz CT molecular complexity index is 680. The highest BCUT2D eigenvalue weighted by molar-refractivity contribution is 6.74. The molecule has 0 fully saturated rings. The molecule has 0 aliphatic carbocycles. The summed E-state index contributed by atoms with van der Waals surface area (Å²) in [4.78, 5) is 11.1. The number of hydrogen-bond donors (Lipinski definition) is 2. The number of carboxylic acid groups (broad SMARTS) is 1. The maximum atomic E-state index is 11.1. The van der Waals surface area contributed by atoms with Gasteiger partial charge in [0.2, 0.25) is 0 Å². The predicted octanol–water partition coefficient (Wildman–Crippen LogP) is 7.07. The summed E-state index contributed by atoms with van der Waals surface area (Å²) in [7, 11) is -4.13. The van der Waals surface area contributed by atoms with Crippen molar-refractivity contribution < 1.29 is 23.9 Å². The fourth-order valence-corrected chi connectivity index (χ4v) is 4.86. The van der Waals surface area contributed by atoms with Crippen LogP contribution in [0.5, 0.6) is 0 Å². The summed E-state index contributed by atoms with van der Waals surface area (Å²) in [6.07, 6.45) is 12.5. The number of unbranched alkanes of at least 4 members (excludes halogenated alkanes) is 1. The van der Waals surface area contributed by atoms with E-state index in [1.54, 1.807) is 6.08 Å². The Kier molecular flexibility index (Phi) is 12.8. The van der Waals surface area contributed by atoms with Gasteiger partial charge in [0.1, 0.15) is 0 Å². The molecule has 0 aromatic rings. The molecule has 0 heterocycles. The van der Waals surface area contributed by atoms with E-state index >= 15 is 0 Å². The second-order valence-electron chi connectivity index (χ2n) is 12.0. The molecular weight excluding hydrogens is 448 g/mol. The molecule has 0 radical (unpaired) electrons. The molecule has 5 nitrogen and oxygen atoms in total. The van der Waals surface area contributed by atoms with Crippen LogP contribution >= 0.6 is 0 Å². The number of aliphatic hydroxyl groups excluding tert-OH is 1. The van der Waals surface area contributed by atoms with Gasteiger partial charge >= 0.3 is 5.97 Å². The van der Waals surface area contributed by atoms with Crippen LogP contribution < -0.4 is 0 Å². The normalized spacial score (nSPS) is 17.2. The van der Waals surface area contributed by atoms with Crippen LogP contribution in [-0.4, -0.2) is 51.1 Å². The lowest BCUT2D eigenvalue weighted by atomic mass is 10.1. The van der Waals surface area contributed by atoms with Crippen LogP contribution in [0.15, 0.2) is 36.5 Å². The molecule has 7 heteroatoms. The first kappa shape index (κ1) is 32.0. The lowest BCUT2D eigenvalue weighted by Gasteiger charge is -2.39. The highest BCUT2D eigenvalue weighted by atomic mass is 28.4. The lowest BCUT2D eigenvalue weighted by molar-refractivity contribution is -0.131. The highest BCUT2D eigenvalue weighted by Gasteiger charge is 2.39. The zero-order chi connectivity index (χ0) is 26.1. The van der Waals surface area contributed by atoms with Crippen molar-refractivity contribution in [2.24, 2.45) is 0 Å². The molecule has 0 bridgehead atoms. The molecule has 33 heavy (non-hydrogen) atoms. The predicted molar refractivity (Wildman–Crippen MR) is 145 cm³/mol. The largest absolute Gasteiger partial charge is 0.478 e. The first-order chi connectivity index (χ1) is 14.8. The van der Waals surface area contributed by atoms with Crippen molar-refractivity contribution in [3.63, 3.8) is 0 Å². The quantitative estimate of drug-likeness (QED) is 0.123. The number of rotatable bonds is 13. The van der Waals surface area contributed by atoms with E-state index in [0.717, 1.165) is 25.3 Å². The molecular formula is C26H50O5Si2. The third-order valence-corrected chi connectivity index (χ3v) is 15.7. The van der Waals surface area contributed by atoms with Crippen LogP contribution in [0.2, 0.25) is 36.3 Å². The van der Waals surface area contributed by atoms with E-state index < -0.39 is 28.7 Å². The van der Waals surface area contributed by atoms with E-state index in [-0.39, 0.29) is 22.3 Å². The number of carbonyl (C=O) groups is 1. The van der Waals surface area contributed by atoms with Gasteiger partial charge in [0, 0.05) is 6.08 Å². The summed E-state index contributed by atoms with van der Waals surface area (Å²) < 4.78 is 13.1. The summed E-state index contributed by atoms with van der Waals surface area (Å²) in [5.74, 6) is -0.987. The van der Waals surface area contributed by atoms with Crippen LogP contribution in [0.25, 0.3) is 0 Å². The topological polar surface area (TPSA) is 76.0 Å². The monoisotopic (exact) mass is 498 g/mol. The summed E-state index contributed by atoms with van der Waals surface area (Å²) in [6.45, 7) is 23.7. The molecule has 0 aromatic carbocycles. The number of hydrogen-bond acceptors (Lipinski definition) is 4. The first-order valence-corrected chi connectivity index (χ1v) is 17.9. The Morgan fingerprint density at radius 2 is 1.27 bits per heavy atom. The van der Waals surface area contributed by atoms with Gasteiger partial charge in [-0.1, -0.05) is 65.8 Å². The Hall–Kier alpha value is -0.996. The molecule has 0 aliphatic rings. The number of carboxylic acids is 1. The molecule has 0 saturated heterocycles. The van der Waals surface area contributed by atoms with Gasteiger partial charge in [-0.25, -0.2) is 4.79 Å². The van der Waals surface area contributed by atoms with Crippen molar-refractivity contribution in [1.29, 1.82) is 0 Å². The van der Waals surface area contributed by atoms with Gasteiger partial charge in [0.05, 0.1) is 18.3 Å². The Balaban J connectivity index is 5.80. The van der Waals surface area contributed by atoms with Gasteiger partial charge < -0.3 is 19.1 Å². The van der Waals surface area contributed by atoms with Crippen LogP contribution in [0.3, 0.4) is 0 Å². The van der Waals surface area contributed by atoms with Crippen LogP contribution in [0, 0.1) is 0 Å². The molecule has 0 aromatic heterocycles. The Morgan fingerprint density at radius 3 is 1.64 bits per heavy atom. The van der Waals surface area contributed by atoms with E-state index in [2.05, 4.69) is 79.9 Å². The van der Waals surface area contributed by atoms with Crippen molar-refractivity contribution in [3.05, 3.63) is 36.5 Å². The van der Waals surface area contributed by atoms with Crippen LogP contribution in [-0.2, 0) is 13.6 Å². The minimum Gasteiger partial charge on any atom is -0.478 e. The standard InChI is InChI=1S/C26H50O5Si2/c1-21(27)15-13-12-14-16-22(30-32(8,9)25(2,3)4)17-18-23(19-20-24(28)29)31-33(10,11)26(5,6)7/h14,16-23,27H,12-13,15H2,1-11H3,(H,28,29)/b16-14+,18-17-,20-19+/t21-,22-,23-/m0/s1. The molecule has 0 spiro atoms. The molecule has 3 atom stereocenters. The fourth-order valence-electron chi connectivity index (χ4n) is 2.48. The zero-order valence-corrected chi connectivity index (χ0v) is 24.9. The van der Waals surface area contributed by atoms with Crippen molar-refractivity contribution in [3.8, 4) is 0 Å². The molecule has 0 amide bonds. The average molecular weight is 499 g/mol. The van der Waals surface area contributed by atoms with E-state index in [0.29, 0.717) is 0 Å². The molecule has 0 unspecified atom stereocenters. The van der Waals surface area contributed by atoms with Gasteiger partial charge in [-0.05, 0) is 68.5 Å². The minimum atomic E-state index is -2.10. The maximum Gasteiger partial charge on any atom is 0.328 e. The molecule has 0 saturated carbocycles. The van der Waals surface area contributed by atoms with Gasteiger partial charge in [0.25, 0.3) is 0 Å². The van der Waals surface area contributed by atoms with Gasteiger partial charge in [-0.15, -0.1) is 0 Å². The van der Waals surface area contributed by atoms with Crippen molar-refractivity contribution >= 4 is 22.6 Å². The molecule has 0 aliphatic heterocycles. The highest BCUT2D eigenvalue weighted by Crippen LogP contribution is 2.39.